The lowest BCUT2D eigenvalue weighted by Crippen LogP contribution is -2.11. The van der Waals surface area contributed by atoms with Crippen molar-refractivity contribution in [2.45, 2.75) is 6.42 Å². The molecule has 2 nitrogen and oxygen atoms in total. The van der Waals surface area contributed by atoms with Crippen LogP contribution in [0.15, 0.2) is 72.3 Å². The number of rotatable bonds is 3. The zero-order valence-electron chi connectivity index (χ0n) is 13.0. The Morgan fingerprint density at radius 1 is 0.870 bits per heavy atom. The summed E-state index contributed by atoms with van der Waals surface area (Å²) in [6.07, 6.45) is 5.36. The molecule has 2 aromatic carbocycles. The van der Waals surface area contributed by atoms with Crippen molar-refractivity contribution in [3.05, 3.63) is 77.9 Å². The van der Waals surface area contributed by atoms with Gasteiger partial charge in [0, 0.05) is 17.4 Å². The molecular weight excluding hydrogens is 284 g/mol. The number of fused-ring (bicyclic) bond motifs is 2. The lowest BCUT2D eigenvalue weighted by atomic mass is 9.90. The summed E-state index contributed by atoms with van der Waals surface area (Å²) in [6, 6.07) is 18.8. The quantitative estimate of drug-likeness (QED) is 0.617. The van der Waals surface area contributed by atoms with Gasteiger partial charge in [0.2, 0.25) is 0 Å². The van der Waals surface area contributed by atoms with Crippen LogP contribution < -0.4 is 0 Å². The fraction of sp³-hybridized carbons (Fsp3) is 0.190. The fourth-order valence-corrected chi connectivity index (χ4v) is 3.74. The van der Waals surface area contributed by atoms with Crippen LogP contribution in [0.1, 0.15) is 12.0 Å². The smallest absolute Gasteiger partial charge is 0.334 e. The average molecular weight is 302 g/mol. The summed E-state index contributed by atoms with van der Waals surface area (Å²) < 4.78 is 5.00. The molecule has 0 aromatic heterocycles. The van der Waals surface area contributed by atoms with Crippen LogP contribution in [0.3, 0.4) is 0 Å². The topological polar surface area (TPSA) is 26.3 Å². The number of methoxy groups -OCH3 is 1. The summed E-state index contributed by atoms with van der Waals surface area (Å²) in [5, 5.41) is 0. The first-order chi connectivity index (χ1) is 11.3. The van der Waals surface area contributed by atoms with Gasteiger partial charge in [0.05, 0.1) is 7.11 Å². The summed E-state index contributed by atoms with van der Waals surface area (Å²) in [4.78, 5) is 12.2. The summed E-state index contributed by atoms with van der Waals surface area (Å²) >= 11 is 0. The highest BCUT2D eigenvalue weighted by Crippen LogP contribution is 2.48. The maximum absolute atomic E-state index is 12.2. The van der Waals surface area contributed by atoms with Crippen LogP contribution in [0.5, 0.6) is 0 Å². The van der Waals surface area contributed by atoms with Crippen molar-refractivity contribution in [1.29, 1.82) is 0 Å². The van der Waals surface area contributed by atoms with Crippen LogP contribution in [0, 0.1) is 11.8 Å². The minimum Gasteiger partial charge on any atom is -0.466 e. The monoisotopic (exact) mass is 302 g/mol. The van der Waals surface area contributed by atoms with E-state index in [1.807, 2.05) is 18.2 Å². The zero-order chi connectivity index (χ0) is 15.8. The van der Waals surface area contributed by atoms with Crippen molar-refractivity contribution < 1.29 is 9.53 Å². The fourth-order valence-electron chi connectivity index (χ4n) is 3.74. The normalized spacial score (nSPS) is 21.8. The van der Waals surface area contributed by atoms with Crippen molar-refractivity contribution >= 4 is 11.5 Å². The largest absolute Gasteiger partial charge is 0.466 e. The number of benzene rings is 2. The van der Waals surface area contributed by atoms with Crippen molar-refractivity contribution in [1.82, 2.24) is 0 Å². The number of esters is 1. The van der Waals surface area contributed by atoms with E-state index in [1.54, 1.807) is 0 Å². The van der Waals surface area contributed by atoms with Crippen molar-refractivity contribution in [3.8, 4) is 11.1 Å². The Labute approximate surface area is 136 Å². The minimum atomic E-state index is -0.191. The number of hydrogen-bond acceptors (Lipinski definition) is 2. The van der Waals surface area contributed by atoms with Crippen LogP contribution in [0.2, 0.25) is 0 Å². The van der Waals surface area contributed by atoms with E-state index in [2.05, 4.69) is 48.6 Å². The number of hydrogen-bond donors (Lipinski definition) is 0. The number of carbonyl (C=O) groups is 1. The lowest BCUT2D eigenvalue weighted by molar-refractivity contribution is -0.136. The Bertz CT molecular complexity index is 797. The molecule has 114 valence electrons. The SMILES string of the molecule is COC(=O)C1=C(c2ccc(-c3ccccc3)cc2)C2C=CC1C2. The zero-order valence-corrected chi connectivity index (χ0v) is 13.0. The molecule has 0 aliphatic heterocycles. The number of carbonyl (C=O) groups excluding carboxylic acids is 1. The van der Waals surface area contributed by atoms with Gasteiger partial charge in [0.25, 0.3) is 0 Å². The number of ether oxygens (including phenoxy) is 1. The van der Waals surface area contributed by atoms with E-state index in [0.29, 0.717) is 5.92 Å². The van der Waals surface area contributed by atoms with Gasteiger partial charge in [-0.3, -0.25) is 0 Å². The van der Waals surface area contributed by atoms with E-state index in [0.717, 1.165) is 23.1 Å². The molecule has 0 radical (unpaired) electrons. The third kappa shape index (κ3) is 2.31. The van der Waals surface area contributed by atoms with Gasteiger partial charge in [-0.15, -0.1) is 0 Å². The van der Waals surface area contributed by atoms with Crippen molar-refractivity contribution in [3.63, 3.8) is 0 Å². The van der Waals surface area contributed by atoms with Gasteiger partial charge in [0.1, 0.15) is 0 Å². The highest BCUT2D eigenvalue weighted by atomic mass is 16.5. The van der Waals surface area contributed by atoms with Gasteiger partial charge in [-0.05, 0) is 28.7 Å². The maximum Gasteiger partial charge on any atom is 0.334 e. The van der Waals surface area contributed by atoms with Crippen LogP contribution in [-0.4, -0.2) is 13.1 Å². The van der Waals surface area contributed by atoms with Gasteiger partial charge in [-0.25, -0.2) is 4.79 Å². The van der Waals surface area contributed by atoms with E-state index < -0.39 is 0 Å². The molecule has 23 heavy (non-hydrogen) atoms. The Hall–Kier alpha value is -2.61. The first-order valence-electron chi connectivity index (χ1n) is 7.94. The second-order valence-corrected chi connectivity index (χ2v) is 6.10. The standard InChI is InChI=1S/C21H18O2/c1-23-21(22)20-18-12-11-17(13-18)19(20)16-9-7-15(8-10-16)14-5-3-2-4-6-14/h2-12,17-18H,13H2,1H3. The Morgan fingerprint density at radius 2 is 1.48 bits per heavy atom. The molecule has 0 heterocycles. The molecule has 2 unspecified atom stereocenters. The van der Waals surface area contributed by atoms with Gasteiger partial charge in [-0.2, -0.15) is 0 Å². The molecule has 2 heteroatoms. The summed E-state index contributed by atoms with van der Waals surface area (Å²) in [6.45, 7) is 0. The van der Waals surface area contributed by atoms with Gasteiger partial charge < -0.3 is 4.74 Å². The van der Waals surface area contributed by atoms with Crippen molar-refractivity contribution in [2.24, 2.45) is 11.8 Å². The van der Waals surface area contributed by atoms with Gasteiger partial charge in [-0.1, -0.05) is 66.7 Å². The first kappa shape index (κ1) is 14.0. The molecule has 0 saturated carbocycles. The Morgan fingerprint density at radius 3 is 2.17 bits per heavy atom. The first-order valence-corrected chi connectivity index (χ1v) is 7.94. The van der Waals surface area contributed by atoms with Crippen molar-refractivity contribution in [2.75, 3.05) is 7.11 Å². The summed E-state index contributed by atoms with van der Waals surface area (Å²) in [5.41, 5.74) is 5.50. The predicted molar refractivity (Wildman–Crippen MR) is 91.6 cm³/mol. The molecule has 2 aromatic rings. The second kappa shape index (κ2) is 5.54. The Balaban J connectivity index is 1.73. The van der Waals surface area contributed by atoms with E-state index in [9.17, 15) is 4.79 Å². The predicted octanol–water partition coefficient (Wildman–Crippen LogP) is 4.49. The van der Waals surface area contributed by atoms with Crippen LogP contribution in [0.4, 0.5) is 0 Å². The van der Waals surface area contributed by atoms with E-state index in [1.165, 1.54) is 18.2 Å². The maximum atomic E-state index is 12.2. The molecular formula is C21H18O2. The molecule has 2 bridgehead atoms. The second-order valence-electron chi connectivity index (χ2n) is 6.10. The third-order valence-corrected chi connectivity index (χ3v) is 4.82. The highest BCUT2D eigenvalue weighted by Gasteiger charge is 2.39. The Kier molecular flexibility index (Phi) is 3.38. The lowest BCUT2D eigenvalue weighted by Gasteiger charge is -2.15. The van der Waals surface area contributed by atoms with E-state index in [-0.39, 0.29) is 11.9 Å². The van der Waals surface area contributed by atoms with Crippen LogP contribution in [-0.2, 0) is 9.53 Å². The van der Waals surface area contributed by atoms with Gasteiger partial charge in [0.15, 0.2) is 0 Å². The molecule has 0 saturated heterocycles. The molecule has 0 fully saturated rings. The molecule has 2 aliphatic rings. The summed E-state index contributed by atoms with van der Waals surface area (Å²) in [5.74, 6) is 0.372. The van der Waals surface area contributed by atoms with Crippen LogP contribution >= 0.6 is 0 Å². The molecule has 2 atom stereocenters. The molecule has 2 aliphatic carbocycles. The molecule has 0 amide bonds. The van der Waals surface area contributed by atoms with E-state index >= 15 is 0 Å². The number of allylic oxidation sites excluding steroid dienone is 3. The minimum absolute atomic E-state index is 0.191. The third-order valence-electron chi connectivity index (χ3n) is 4.82. The van der Waals surface area contributed by atoms with Gasteiger partial charge >= 0.3 is 5.97 Å². The molecule has 0 N–H and O–H groups in total. The molecule has 0 spiro atoms. The summed E-state index contributed by atoms with van der Waals surface area (Å²) in [7, 11) is 1.46. The van der Waals surface area contributed by atoms with E-state index in [4.69, 9.17) is 4.74 Å². The molecule has 4 rings (SSSR count). The van der Waals surface area contributed by atoms with Crippen LogP contribution in [0.25, 0.3) is 16.7 Å². The average Bonchev–Trinajstić information content (AvgIpc) is 3.23. The highest BCUT2D eigenvalue weighted by molar-refractivity contribution is 6.01.